The van der Waals surface area contributed by atoms with E-state index in [1.165, 1.54) is 12.8 Å². The van der Waals surface area contributed by atoms with E-state index < -0.39 is 5.97 Å². The summed E-state index contributed by atoms with van der Waals surface area (Å²) < 4.78 is 0. The summed E-state index contributed by atoms with van der Waals surface area (Å²) in [6.45, 7) is 9.36. The maximum absolute atomic E-state index is 11.0. The number of aromatic nitrogens is 1. The number of hydrogen-bond acceptors (Lipinski definition) is 4. The molecule has 1 rings (SSSR count). The molecule has 0 atom stereocenters. The minimum absolute atomic E-state index is 0.0425. The molecule has 1 aromatic heterocycles. The van der Waals surface area contributed by atoms with Crippen molar-refractivity contribution in [3.05, 3.63) is 15.6 Å². The van der Waals surface area contributed by atoms with Crippen molar-refractivity contribution in [2.75, 3.05) is 13.1 Å². The van der Waals surface area contributed by atoms with E-state index in [2.05, 4.69) is 30.7 Å². The number of aryl methyl sites for hydroxylation is 1. The van der Waals surface area contributed by atoms with Gasteiger partial charge in [0.15, 0.2) is 0 Å². The Kier molecular flexibility index (Phi) is 7.77. The Hall–Kier alpha value is -0.940. The second kappa shape index (κ2) is 9.08. The fraction of sp³-hybridized carbons (Fsp3) is 0.733. The van der Waals surface area contributed by atoms with Crippen LogP contribution < -0.4 is 0 Å². The molecule has 0 spiro atoms. The minimum atomic E-state index is -0.795. The SMILES string of the molecule is CCCCN(CC)Cc1sc(CCC)nc1CC(=O)O. The molecule has 20 heavy (non-hydrogen) atoms. The minimum Gasteiger partial charge on any atom is -0.481 e. The van der Waals surface area contributed by atoms with E-state index >= 15 is 0 Å². The fourth-order valence-corrected chi connectivity index (χ4v) is 3.33. The molecule has 0 bridgehead atoms. The van der Waals surface area contributed by atoms with Crippen LogP contribution in [-0.2, 0) is 24.2 Å². The average molecular weight is 298 g/mol. The zero-order chi connectivity index (χ0) is 15.0. The molecular weight excluding hydrogens is 272 g/mol. The van der Waals surface area contributed by atoms with Crippen LogP contribution in [0.4, 0.5) is 0 Å². The van der Waals surface area contributed by atoms with Gasteiger partial charge in [0.2, 0.25) is 0 Å². The molecule has 0 aromatic carbocycles. The lowest BCUT2D eigenvalue weighted by Gasteiger charge is -2.19. The maximum Gasteiger partial charge on any atom is 0.309 e. The fourth-order valence-electron chi connectivity index (χ4n) is 2.10. The van der Waals surface area contributed by atoms with Crippen LogP contribution in [0.2, 0.25) is 0 Å². The molecule has 114 valence electrons. The Morgan fingerprint density at radius 3 is 2.60 bits per heavy atom. The predicted octanol–water partition coefficient (Wildman–Crippen LogP) is 3.34. The lowest BCUT2D eigenvalue weighted by Crippen LogP contribution is -2.24. The molecule has 0 fully saturated rings. The summed E-state index contributed by atoms with van der Waals surface area (Å²) >= 11 is 1.69. The van der Waals surface area contributed by atoms with Crippen molar-refractivity contribution < 1.29 is 9.90 Å². The Balaban J connectivity index is 2.80. The van der Waals surface area contributed by atoms with Gasteiger partial charge in [0.25, 0.3) is 0 Å². The van der Waals surface area contributed by atoms with Crippen molar-refractivity contribution in [3.63, 3.8) is 0 Å². The van der Waals surface area contributed by atoms with Gasteiger partial charge in [0, 0.05) is 11.4 Å². The maximum atomic E-state index is 11.0. The molecule has 5 heteroatoms. The second-order valence-electron chi connectivity index (χ2n) is 5.02. The third-order valence-electron chi connectivity index (χ3n) is 3.25. The molecule has 0 aliphatic heterocycles. The predicted molar refractivity (Wildman–Crippen MR) is 83.3 cm³/mol. The number of carbonyl (C=O) groups is 1. The molecule has 1 heterocycles. The third-order valence-corrected chi connectivity index (χ3v) is 4.39. The van der Waals surface area contributed by atoms with Gasteiger partial charge in [-0.15, -0.1) is 11.3 Å². The number of carboxylic acid groups (broad SMARTS) is 1. The summed E-state index contributed by atoms with van der Waals surface area (Å²) in [5, 5.41) is 10.1. The first kappa shape index (κ1) is 17.1. The zero-order valence-electron chi connectivity index (χ0n) is 12.8. The number of unbranched alkanes of at least 4 members (excludes halogenated alkanes) is 1. The standard InChI is InChI=1S/C15H26N2O2S/c1-4-7-9-17(6-3)11-13-12(10-15(18)19)16-14(20-13)8-5-2/h4-11H2,1-3H3,(H,18,19). The number of thiazole rings is 1. The van der Waals surface area contributed by atoms with Crippen molar-refractivity contribution >= 4 is 17.3 Å². The lowest BCUT2D eigenvalue weighted by molar-refractivity contribution is -0.136. The highest BCUT2D eigenvalue weighted by atomic mass is 32.1. The van der Waals surface area contributed by atoms with Crippen LogP contribution in [0.15, 0.2) is 0 Å². The van der Waals surface area contributed by atoms with Gasteiger partial charge >= 0.3 is 5.97 Å². The van der Waals surface area contributed by atoms with E-state index in [1.807, 2.05) is 0 Å². The summed E-state index contributed by atoms with van der Waals surface area (Å²) in [7, 11) is 0. The van der Waals surface area contributed by atoms with Crippen LogP contribution in [0.25, 0.3) is 0 Å². The van der Waals surface area contributed by atoms with Crippen molar-refractivity contribution in [3.8, 4) is 0 Å². The first-order valence-electron chi connectivity index (χ1n) is 7.52. The molecule has 0 aliphatic rings. The molecule has 0 radical (unpaired) electrons. The first-order valence-corrected chi connectivity index (χ1v) is 8.33. The summed E-state index contributed by atoms with van der Waals surface area (Å²) in [6.07, 6.45) is 4.40. The van der Waals surface area contributed by atoms with E-state index in [4.69, 9.17) is 5.11 Å². The second-order valence-corrected chi connectivity index (χ2v) is 6.19. The normalized spacial score (nSPS) is 11.2. The van der Waals surface area contributed by atoms with Gasteiger partial charge in [-0.2, -0.15) is 0 Å². The Bertz CT molecular complexity index is 418. The highest BCUT2D eigenvalue weighted by Gasteiger charge is 2.16. The van der Waals surface area contributed by atoms with Gasteiger partial charge in [0.1, 0.15) is 0 Å². The van der Waals surface area contributed by atoms with Crippen LogP contribution in [0.1, 0.15) is 55.6 Å². The van der Waals surface area contributed by atoms with Crippen molar-refractivity contribution in [2.45, 2.75) is 59.4 Å². The summed E-state index contributed by atoms with van der Waals surface area (Å²) in [4.78, 5) is 19.0. The van der Waals surface area contributed by atoms with E-state index in [0.29, 0.717) is 0 Å². The highest BCUT2D eigenvalue weighted by Crippen LogP contribution is 2.22. The largest absolute Gasteiger partial charge is 0.481 e. The highest BCUT2D eigenvalue weighted by molar-refractivity contribution is 7.11. The summed E-state index contributed by atoms with van der Waals surface area (Å²) in [5.41, 5.74) is 0.765. The van der Waals surface area contributed by atoms with Crippen LogP contribution in [0, 0.1) is 0 Å². The average Bonchev–Trinajstić information content (AvgIpc) is 2.76. The molecule has 0 saturated carbocycles. The number of carboxylic acids is 1. The molecular formula is C15H26N2O2S. The summed E-state index contributed by atoms with van der Waals surface area (Å²) in [6, 6.07) is 0. The zero-order valence-corrected chi connectivity index (χ0v) is 13.6. The molecule has 0 saturated heterocycles. The quantitative estimate of drug-likeness (QED) is 0.720. The topological polar surface area (TPSA) is 53.4 Å². The third kappa shape index (κ3) is 5.59. The van der Waals surface area contributed by atoms with Crippen molar-refractivity contribution in [1.29, 1.82) is 0 Å². The Morgan fingerprint density at radius 1 is 1.30 bits per heavy atom. The Morgan fingerprint density at radius 2 is 2.05 bits per heavy atom. The molecule has 1 N–H and O–H groups in total. The summed E-state index contributed by atoms with van der Waals surface area (Å²) in [5.74, 6) is -0.795. The van der Waals surface area contributed by atoms with Gasteiger partial charge in [-0.3, -0.25) is 9.69 Å². The number of aliphatic carboxylic acids is 1. The van der Waals surface area contributed by atoms with Crippen molar-refractivity contribution in [1.82, 2.24) is 9.88 Å². The number of hydrogen-bond donors (Lipinski definition) is 1. The van der Waals surface area contributed by atoms with Gasteiger partial charge in [-0.05, 0) is 32.4 Å². The Labute approximate surface area is 125 Å². The van der Waals surface area contributed by atoms with E-state index in [1.54, 1.807) is 11.3 Å². The molecule has 0 unspecified atom stereocenters. The van der Waals surface area contributed by atoms with Crippen LogP contribution >= 0.6 is 11.3 Å². The van der Waals surface area contributed by atoms with E-state index in [0.717, 1.165) is 48.1 Å². The van der Waals surface area contributed by atoms with Crippen LogP contribution in [-0.4, -0.2) is 34.0 Å². The first-order chi connectivity index (χ1) is 9.60. The lowest BCUT2D eigenvalue weighted by atomic mass is 10.2. The van der Waals surface area contributed by atoms with E-state index in [9.17, 15) is 4.79 Å². The molecule has 1 aromatic rings. The number of rotatable bonds is 10. The van der Waals surface area contributed by atoms with Gasteiger partial charge in [-0.1, -0.05) is 27.2 Å². The van der Waals surface area contributed by atoms with Gasteiger partial charge in [-0.25, -0.2) is 4.98 Å². The van der Waals surface area contributed by atoms with Gasteiger partial charge < -0.3 is 5.11 Å². The molecule has 4 nitrogen and oxygen atoms in total. The van der Waals surface area contributed by atoms with Crippen molar-refractivity contribution in [2.24, 2.45) is 0 Å². The monoisotopic (exact) mass is 298 g/mol. The molecule has 0 amide bonds. The van der Waals surface area contributed by atoms with Gasteiger partial charge in [0.05, 0.1) is 17.1 Å². The molecule has 0 aliphatic carbocycles. The van der Waals surface area contributed by atoms with Crippen LogP contribution in [0.3, 0.4) is 0 Å². The number of nitrogens with zero attached hydrogens (tertiary/aromatic N) is 2. The van der Waals surface area contributed by atoms with Crippen LogP contribution in [0.5, 0.6) is 0 Å². The smallest absolute Gasteiger partial charge is 0.309 e. The van der Waals surface area contributed by atoms with E-state index in [-0.39, 0.29) is 6.42 Å².